The quantitative estimate of drug-likeness (QED) is 0.204. The fraction of sp³-hybridized carbons (Fsp3) is 0.240. The van der Waals surface area contributed by atoms with Gasteiger partial charge in [0.1, 0.15) is 11.3 Å². The number of amides is 1. The lowest BCUT2D eigenvalue weighted by molar-refractivity contribution is -0.115. The van der Waals surface area contributed by atoms with Crippen LogP contribution in [0.25, 0.3) is 32.3 Å². The van der Waals surface area contributed by atoms with E-state index in [2.05, 4.69) is 31.6 Å². The first-order valence-corrected chi connectivity index (χ1v) is 13.0. The summed E-state index contributed by atoms with van der Waals surface area (Å²) in [5, 5.41) is 13.3. The van der Waals surface area contributed by atoms with Crippen molar-refractivity contribution in [1.29, 1.82) is 0 Å². The number of allylic oxidation sites excluding steroid dienone is 1. The first-order valence-electron chi connectivity index (χ1n) is 11.3. The number of rotatable bonds is 9. The third kappa shape index (κ3) is 4.59. The summed E-state index contributed by atoms with van der Waals surface area (Å²) in [5.41, 5.74) is 3.32. The highest BCUT2D eigenvalue weighted by atomic mass is 32.2. The predicted octanol–water partition coefficient (Wildman–Crippen LogP) is 5.68. The van der Waals surface area contributed by atoms with Crippen LogP contribution >= 0.6 is 23.1 Å². The lowest BCUT2D eigenvalue weighted by Crippen LogP contribution is -2.24. The van der Waals surface area contributed by atoms with Crippen molar-refractivity contribution in [2.24, 2.45) is 0 Å². The molecule has 1 N–H and O–H groups in total. The zero-order chi connectivity index (χ0) is 24.4. The third-order valence-corrected chi connectivity index (χ3v) is 7.63. The Morgan fingerprint density at radius 1 is 1.23 bits per heavy atom. The van der Waals surface area contributed by atoms with Gasteiger partial charge in [0.05, 0.1) is 27.6 Å². The van der Waals surface area contributed by atoms with Gasteiger partial charge in [0.25, 0.3) is 0 Å². The molecule has 0 saturated carbocycles. The van der Waals surface area contributed by atoms with Crippen LogP contribution < -0.4 is 10.1 Å². The van der Waals surface area contributed by atoms with Gasteiger partial charge in [0, 0.05) is 11.9 Å². The van der Waals surface area contributed by atoms with Crippen LogP contribution in [0.4, 0.5) is 5.13 Å². The van der Waals surface area contributed by atoms with Gasteiger partial charge in [-0.25, -0.2) is 9.97 Å². The molecule has 5 aromatic rings. The van der Waals surface area contributed by atoms with Crippen LogP contribution in [-0.4, -0.2) is 42.5 Å². The van der Waals surface area contributed by atoms with Crippen LogP contribution in [0.3, 0.4) is 0 Å². The smallest absolute Gasteiger partial charge is 0.239 e. The molecule has 1 amide bonds. The average molecular weight is 505 g/mol. The van der Waals surface area contributed by atoms with Crippen LogP contribution in [-0.2, 0) is 11.3 Å². The highest BCUT2D eigenvalue weighted by molar-refractivity contribution is 8.00. The van der Waals surface area contributed by atoms with E-state index in [0.29, 0.717) is 29.9 Å². The summed E-state index contributed by atoms with van der Waals surface area (Å²) in [5.74, 6) is 0.648. The monoisotopic (exact) mass is 504 g/mol. The number of thioether (sulfide) groups is 1. The van der Waals surface area contributed by atoms with Gasteiger partial charge in [-0.1, -0.05) is 54.3 Å². The van der Waals surface area contributed by atoms with Crippen molar-refractivity contribution < 1.29 is 9.53 Å². The molecule has 5 rings (SSSR count). The van der Waals surface area contributed by atoms with Crippen LogP contribution in [0.1, 0.15) is 20.3 Å². The standard InChI is InChI=1S/C25H24N6O2S2/c1-4-13-31-18-10-8-7-9-16(18)21-22(31)27-25(30-29-21)34-19(5-2)23(32)28-24-26-17-12-11-15(33-6-3)14-20(17)35-24/h4,7-12,14,19H,1,5-6,13H2,2-3H3,(H,26,28,32). The molecule has 0 fully saturated rings. The summed E-state index contributed by atoms with van der Waals surface area (Å²) in [6.45, 7) is 8.98. The van der Waals surface area contributed by atoms with E-state index >= 15 is 0 Å². The molecule has 0 saturated heterocycles. The highest BCUT2D eigenvalue weighted by Crippen LogP contribution is 2.32. The van der Waals surface area contributed by atoms with Gasteiger partial charge in [-0.3, -0.25) is 4.79 Å². The van der Waals surface area contributed by atoms with Crippen molar-refractivity contribution in [3.05, 3.63) is 55.1 Å². The molecule has 1 atom stereocenters. The fourth-order valence-corrected chi connectivity index (χ4v) is 5.61. The van der Waals surface area contributed by atoms with Crippen molar-refractivity contribution in [2.75, 3.05) is 11.9 Å². The van der Waals surface area contributed by atoms with E-state index in [9.17, 15) is 4.79 Å². The largest absolute Gasteiger partial charge is 0.494 e. The van der Waals surface area contributed by atoms with E-state index < -0.39 is 5.25 Å². The lowest BCUT2D eigenvalue weighted by Gasteiger charge is -2.12. The molecule has 0 aliphatic carbocycles. The molecule has 0 radical (unpaired) electrons. The Balaban J connectivity index is 1.38. The molecule has 8 nitrogen and oxygen atoms in total. The second-order valence-electron chi connectivity index (χ2n) is 7.77. The van der Waals surface area contributed by atoms with E-state index in [1.165, 1.54) is 23.1 Å². The van der Waals surface area contributed by atoms with Gasteiger partial charge < -0.3 is 14.6 Å². The zero-order valence-corrected chi connectivity index (χ0v) is 21.0. The van der Waals surface area contributed by atoms with E-state index in [0.717, 1.165) is 38.0 Å². The lowest BCUT2D eigenvalue weighted by atomic mass is 10.2. The Morgan fingerprint density at radius 3 is 2.89 bits per heavy atom. The summed E-state index contributed by atoms with van der Waals surface area (Å²) in [6.07, 6.45) is 2.44. The van der Waals surface area contributed by atoms with Crippen LogP contribution in [0.5, 0.6) is 5.75 Å². The number of fused-ring (bicyclic) bond motifs is 4. The number of nitrogens with zero attached hydrogens (tertiary/aromatic N) is 5. The molecular weight excluding hydrogens is 480 g/mol. The molecule has 0 aliphatic heterocycles. The first-order chi connectivity index (χ1) is 17.1. The summed E-state index contributed by atoms with van der Waals surface area (Å²) in [4.78, 5) is 22.4. The number of para-hydroxylation sites is 1. The summed E-state index contributed by atoms with van der Waals surface area (Å²) in [7, 11) is 0. The predicted molar refractivity (Wildman–Crippen MR) is 142 cm³/mol. The topological polar surface area (TPSA) is 94.8 Å². The molecule has 0 spiro atoms. The van der Waals surface area contributed by atoms with Crippen LogP contribution in [0, 0.1) is 0 Å². The van der Waals surface area contributed by atoms with Gasteiger partial charge in [-0.05, 0) is 37.6 Å². The Labute approximate surface area is 210 Å². The number of aromatic nitrogens is 5. The number of hydrogen-bond acceptors (Lipinski definition) is 8. The number of thiazole rings is 1. The maximum absolute atomic E-state index is 13.1. The normalized spacial score (nSPS) is 12.3. The molecule has 2 aromatic carbocycles. The van der Waals surface area contributed by atoms with Crippen molar-refractivity contribution in [3.63, 3.8) is 0 Å². The number of hydrogen-bond donors (Lipinski definition) is 1. The first kappa shape index (κ1) is 23.3. The fourth-order valence-electron chi connectivity index (χ4n) is 3.90. The van der Waals surface area contributed by atoms with Gasteiger partial charge in [-0.2, -0.15) is 0 Å². The van der Waals surface area contributed by atoms with Gasteiger partial charge in [-0.15, -0.1) is 16.8 Å². The number of carbonyl (C=O) groups excluding carboxylic acids is 1. The van der Waals surface area contributed by atoms with Crippen molar-refractivity contribution in [2.45, 2.75) is 37.2 Å². The second kappa shape index (κ2) is 10.0. The molecule has 0 bridgehead atoms. The molecule has 0 aliphatic rings. The Kier molecular flexibility index (Phi) is 6.65. The number of ether oxygens (including phenoxy) is 1. The number of carbonyl (C=O) groups is 1. The minimum Gasteiger partial charge on any atom is -0.494 e. The zero-order valence-electron chi connectivity index (χ0n) is 19.4. The Bertz CT molecular complexity index is 1540. The Hall–Kier alpha value is -3.50. The Morgan fingerprint density at radius 2 is 2.09 bits per heavy atom. The summed E-state index contributed by atoms with van der Waals surface area (Å²) in [6, 6.07) is 13.7. The van der Waals surface area contributed by atoms with Crippen molar-refractivity contribution in [3.8, 4) is 5.75 Å². The average Bonchev–Trinajstić information content (AvgIpc) is 3.41. The molecule has 3 heterocycles. The second-order valence-corrected chi connectivity index (χ2v) is 9.97. The third-order valence-electron chi connectivity index (χ3n) is 5.48. The molecule has 1 unspecified atom stereocenters. The van der Waals surface area contributed by atoms with E-state index in [-0.39, 0.29) is 5.91 Å². The van der Waals surface area contributed by atoms with Crippen molar-refractivity contribution >= 4 is 66.4 Å². The minimum absolute atomic E-state index is 0.142. The molecule has 10 heteroatoms. The maximum atomic E-state index is 13.1. The van der Waals surface area contributed by atoms with Crippen LogP contribution in [0.15, 0.2) is 60.3 Å². The molecular formula is C25H24N6O2S2. The van der Waals surface area contributed by atoms with Gasteiger partial charge in [0.2, 0.25) is 11.1 Å². The highest BCUT2D eigenvalue weighted by Gasteiger charge is 2.22. The van der Waals surface area contributed by atoms with E-state index in [4.69, 9.17) is 9.72 Å². The summed E-state index contributed by atoms with van der Waals surface area (Å²) < 4.78 is 8.58. The van der Waals surface area contributed by atoms with Gasteiger partial charge in [0.15, 0.2) is 10.8 Å². The SMILES string of the molecule is C=CCn1c2ccccc2c2nnc(SC(CC)C(=O)Nc3nc4ccc(OCC)cc4s3)nc21. The maximum Gasteiger partial charge on any atom is 0.239 e. The number of anilines is 1. The summed E-state index contributed by atoms with van der Waals surface area (Å²) >= 11 is 2.73. The van der Waals surface area contributed by atoms with E-state index in [1.54, 1.807) is 0 Å². The molecule has 178 valence electrons. The molecule has 3 aromatic heterocycles. The minimum atomic E-state index is -0.391. The molecule has 35 heavy (non-hydrogen) atoms. The number of benzene rings is 2. The van der Waals surface area contributed by atoms with Crippen LogP contribution in [0.2, 0.25) is 0 Å². The van der Waals surface area contributed by atoms with E-state index in [1.807, 2.05) is 62.4 Å². The number of nitrogens with one attached hydrogen (secondary N) is 1. The van der Waals surface area contributed by atoms with Gasteiger partial charge >= 0.3 is 0 Å². The van der Waals surface area contributed by atoms with Crippen molar-refractivity contribution in [1.82, 2.24) is 24.7 Å².